The van der Waals surface area contributed by atoms with Crippen molar-refractivity contribution in [3.63, 3.8) is 0 Å². The molecule has 0 saturated carbocycles. The first kappa shape index (κ1) is 17.0. The molecule has 0 radical (unpaired) electrons. The first-order chi connectivity index (χ1) is 9.56. The minimum Gasteiger partial charge on any atom is -0.396 e. The minimum absolute atomic E-state index is 0.141. The number of aliphatic hydroxyl groups is 1. The fourth-order valence-electron chi connectivity index (χ4n) is 1.74. The van der Waals surface area contributed by atoms with Gasteiger partial charge in [0.15, 0.2) is 0 Å². The Kier molecular flexibility index (Phi) is 7.67. The van der Waals surface area contributed by atoms with Crippen LogP contribution in [0.3, 0.4) is 0 Å². The van der Waals surface area contributed by atoms with Crippen LogP contribution >= 0.6 is 23.2 Å². The van der Waals surface area contributed by atoms with Crippen LogP contribution in [0, 0.1) is 5.92 Å². The van der Waals surface area contributed by atoms with Crippen LogP contribution in [0.25, 0.3) is 6.08 Å². The molecule has 1 atom stereocenters. The summed E-state index contributed by atoms with van der Waals surface area (Å²) >= 11 is 11.9. The van der Waals surface area contributed by atoms with Gasteiger partial charge in [0.05, 0.1) is 0 Å². The number of amides is 1. The second-order valence-corrected chi connectivity index (χ2v) is 5.37. The van der Waals surface area contributed by atoms with Gasteiger partial charge in [0.1, 0.15) is 0 Å². The van der Waals surface area contributed by atoms with E-state index in [-0.39, 0.29) is 12.5 Å². The third kappa shape index (κ3) is 5.95. The highest BCUT2D eigenvalue weighted by atomic mass is 35.5. The second kappa shape index (κ2) is 9.01. The fourth-order valence-corrected chi connectivity index (χ4v) is 2.11. The molecule has 1 unspecified atom stereocenters. The molecule has 110 valence electrons. The van der Waals surface area contributed by atoms with E-state index in [4.69, 9.17) is 28.3 Å². The standard InChI is InChI=1S/C15H19Cl2NO2/c1-2-11(7-8-19)10-18-15(20)6-3-12-9-13(16)4-5-14(12)17/h3-6,9,11,19H,2,7-8,10H2,1H3,(H,18,20)/b6-3+. The molecule has 20 heavy (non-hydrogen) atoms. The molecule has 1 rings (SSSR count). The van der Waals surface area contributed by atoms with Gasteiger partial charge in [-0.2, -0.15) is 0 Å². The normalized spacial score (nSPS) is 12.6. The zero-order valence-corrected chi connectivity index (χ0v) is 12.9. The predicted octanol–water partition coefficient (Wildman–Crippen LogP) is 3.53. The highest BCUT2D eigenvalue weighted by Gasteiger charge is 2.06. The number of hydrogen-bond acceptors (Lipinski definition) is 2. The monoisotopic (exact) mass is 315 g/mol. The number of carbonyl (C=O) groups is 1. The molecule has 0 fully saturated rings. The zero-order valence-electron chi connectivity index (χ0n) is 11.4. The van der Waals surface area contributed by atoms with Gasteiger partial charge in [-0.3, -0.25) is 4.79 Å². The van der Waals surface area contributed by atoms with Crippen molar-refractivity contribution < 1.29 is 9.90 Å². The molecule has 1 aromatic rings. The molecule has 3 nitrogen and oxygen atoms in total. The van der Waals surface area contributed by atoms with Gasteiger partial charge in [0, 0.05) is 29.3 Å². The maximum absolute atomic E-state index is 11.7. The average molecular weight is 316 g/mol. The number of rotatable bonds is 7. The Morgan fingerprint density at radius 1 is 1.45 bits per heavy atom. The van der Waals surface area contributed by atoms with Crippen molar-refractivity contribution in [1.82, 2.24) is 5.32 Å². The van der Waals surface area contributed by atoms with Crippen LogP contribution in [0.5, 0.6) is 0 Å². The van der Waals surface area contributed by atoms with Gasteiger partial charge in [0.2, 0.25) is 5.91 Å². The summed E-state index contributed by atoms with van der Waals surface area (Å²) in [5, 5.41) is 12.8. The molecular weight excluding hydrogens is 297 g/mol. The largest absolute Gasteiger partial charge is 0.396 e. The number of benzene rings is 1. The topological polar surface area (TPSA) is 49.3 Å². The lowest BCUT2D eigenvalue weighted by molar-refractivity contribution is -0.116. The molecule has 0 aliphatic carbocycles. The number of halogens is 2. The summed E-state index contributed by atoms with van der Waals surface area (Å²) in [5.41, 5.74) is 0.705. The van der Waals surface area contributed by atoms with E-state index in [1.807, 2.05) is 6.92 Å². The van der Waals surface area contributed by atoms with E-state index < -0.39 is 0 Å². The van der Waals surface area contributed by atoms with Crippen molar-refractivity contribution in [3.05, 3.63) is 39.9 Å². The Hall–Kier alpha value is -1.03. The molecule has 0 saturated heterocycles. The lowest BCUT2D eigenvalue weighted by Crippen LogP contribution is -2.28. The Morgan fingerprint density at radius 2 is 2.20 bits per heavy atom. The molecule has 0 aliphatic heterocycles. The highest BCUT2D eigenvalue weighted by Crippen LogP contribution is 2.21. The van der Waals surface area contributed by atoms with Crippen LogP contribution in [0.2, 0.25) is 10.0 Å². The minimum atomic E-state index is -0.183. The Balaban J connectivity index is 2.53. The summed E-state index contributed by atoms with van der Waals surface area (Å²) in [6.07, 6.45) is 4.69. The SMILES string of the molecule is CCC(CCO)CNC(=O)/C=C/c1cc(Cl)ccc1Cl. The van der Waals surface area contributed by atoms with Gasteiger partial charge in [-0.25, -0.2) is 0 Å². The van der Waals surface area contributed by atoms with Crippen molar-refractivity contribution >= 4 is 35.2 Å². The first-order valence-electron chi connectivity index (χ1n) is 6.58. The summed E-state index contributed by atoms with van der Waals surface area (Å²) in [5.74, 6) is 0.115. The average Bonchev–Trinajstić information content (AvgIpc) is 2.44. The van der Waals surface area contributed by atoms with E-state index in [9.17, 15) is 4.79 Å². The van der Waals surface area contributed by atoms with Gasteiger partial charge in [-0.15, -0.1) is 0 Å². The third-order valence-electron chi connectivity index (χ3n) is 3.05. The molecular formula is C15H19Cl2NO2. The number of nitrogens with one attached hydrogen (secondary N) is 1. The molecule has 5 heteroatoms. The van der Waals surface area contributed by atoms with Crippen molar-refractivity contribution in [2.45, 2.75) is 19.8 Å². The number of carbonyl (C=O) groups excluding carboxylic acids is 1. The first-order valence-corrected chi connectivity index (χ1v) is 7.34. The molecule has 0 aromatic heterocycles. The maximum atomic E-state index is 11.7. The van der Waals surface area contributed by atoms with Gasteiger partial charge in [-0.05, 0) is 42.2 Å². The highest BCUT2D eigenvalue weighted by molar-refractivity contribution is 6.34. The fraction of sp³-hybridized carbons (Fsp3) is 0.400. The van der Waals surface area contributed by atoms with E-state index in [1.165, 1.54) is 6.08 Å². The Morgan fingerprint density at radius 3 is 2.85 bits per heavy atom. The molecule has 0 heterocycles. The Labute approximate surface area is 129 Å². The van der Waals surface area contributed by atoms with Crippen LogP contribution in [-0.4, -0.2) is 24.2 Å². The lowest BCUT2D eigenvalue weighted by atomic mass is 10.0. The van der Waals surface area contributed by atoms with Crippen LogP contribution in [0.1, 0.15) is 25.3 Å². The van der Waals surface area contributed by atoms with Gasteiger partial charge < -0.3 is 10.4 Å². The molecule has 0 aliphatic rings. The van der Waals surface area contributed by atoms with Crippen molar-refractivity contribution in [3.8, 4) is 0 Å². The molecule has 0 spiro atoms. The molecule has 1 amide bonds. The maximum Gasteiger partial charge on any atom is 0.244 e. The summed E-state index contributed by atoms with van der Waals surface area (Å²) in [6, 6.07) is 5.09. The van der Waals surface area contributed by atoms with Crippen LogP contribution in [0.15, 0.2) is 24.3 Å². The van der Waals surface area contributed by atoms with Gasteiger partial charge in [0.25, 0.3) is 0 Å². The van der Waals surface area contributed by atoms with E-state index >= 15 is 0 Å². The van der Waals surface area contributed by atoms with E-state index in [0.29, 0.717) is 34.5 Å². The predicted molar refractivity (Wildman–Crippen MR) is 84.0 cm³/mol. The smallest absolute Gasteiger partial charge is 0.244 e. The summed E-state index contributed by atoms with van der Waals surface area (Å²) in [4.78, 5) is 11.7. The van der Waals surface area contributed by atoms with Crippen LogP contribution in [-0.2, 0) is 4.79 Å². The summed E-state index contributed by atoms with van der Waals surface area (Å²) in [6.45, 7) is 2.74. The summed E-state index contributed by atoms with van der Waals surface area (Å²) < 4.78 is 0. The zero-order chi connectivity index (χ0) is 15.0. The number of aliphatic hydroxyl groups excluding tert-OH is 1. The van der Waals surface area contributed by atoms with Crippen LogP contribution < -0.4 is 5.32 Å². The van der Waals surface area contributed by atoms with Crippen molar-refractivity contribution in [2.75, 3.05) is 13.2 Å². The third-order valence-corrected chi connectivity index (χ3v) is 3.63. The quantitative estimate of drug-likeness (QED) is 0.756. The van der Waals surface area contributed by atoms with Crippen molar-refractivity contribution in [2.24, 2.45) is 5.92 Å². The van der Waals surface area contributed by atoms with E-state index in [1.54, 1.807) is 24.3 Å². The number of hydrogen-bond donors (Lipinski definition) is 2. The van der Waals surface area contributed by atoms with Crippen LogP contribution in [0.4, 0.5) is 0 Å². The molecule has 1 aromatic carbocycles. The van der Waals surface area contributed by atoms with E-state index in [0.717, 1.165) is 6.42 Å². The second-order valence-electron chi connectivity index (χ2n) is 4.53. The molecule has 0 bridgehead atoms. The van der Waals surface area contributed by atoms with Gasteiger partial charge >= 0.3 is 0 Å². The van der Waals surface area contributed by atoms with Gasteiger partial charge in [-0.1, -0.05) is 36.5 Å². The van der Waals surface area contributed by atoms with Crippen molar-refractivity contribution in [1.29, 1.82) is 0 Å². The summed E-state index contributed by atoms with van der Waals surface area (Å²) in [7, 11) is 0. The lowest BCUT2D eigenvalue weighted by Gasteiger charge is -2.13. The van der Waals surface area contributed by atoms with E-state index in [2.05, 4.69) is 5.32 Å². The molecule has 2 N–H and O–H groups in total. The Bertz CT molecular complexity index is 475.